The summed E-state index contributed by atoms with van der Waals surface area (Å²) in [4.78, 5) is 0. The molecule has 0 amide bonds. The fourth-order valence-corrected chi connectivity index (χ4v) is 5.93. The van der Waals surface area contributed by atoms with Gasteiger partial charge >= 0.3 is 0 Å². The molecular formula is C25H40O6Si. The van der Waals surface area contributed by atoms with E-state index in [9.17, 15) is 0 Å². The van der Waals surface area contributed by atoms with E-state index in [1.165, 1.54) is 0 Å². The van der Waals surface area contributed by atoms with Crippen LogP contribution in [-0.2, 0) is 34.7 Å². The summed E-state index contributed by atoms with van der Waals surface area (Å²) in [5, 5.41) is 0.0581. The van der Waals surface area contributed by atoms with Crippen molar-refractivity contribution in [2.75, 3.05) is 0 Å². The molecule has 2 unspecified atom stereocenters. The Morgan fingerprint density at radius 1 is 0.781 bits per heavy atom. The molecule has 180 valence electrons. The molecule has 1 aliphatic carbocycles. The quantitative estimate of drug-likeness (QED) is 0.571. The Morgan fingerprint density at radius 3 is 1.66 bits per heavy atom. The van der Waals surface area contributed by atoms with Crippen molar-refractivity contribution in [2.24, 2.45) is 0 Å². The molecule has 0 spiro atoms. The highest BCUT2D eigenvalue weighted by Crippen LogP contribution is 2.48. The van der Waals surface area contributed by atoms with Crippen LogP contribution in [0.3, 0.4) is 0 Å². The molecule has 0 radical (unpaired) electrons. The molecule has 6 atom stereocenters. The van der Waals surface area contributed by atoms with Gasteiger partial charge in [0.2, 0.25) is 0 Å². The lowest BCUT2D eigenvalue weighted by Crippen LogP contribution is -2.65. The van der Waals surface area contributed by atoms with E-state index in [1.807, 2.05) is 45.9 Å². The number of ether oxygens (including phenoxy) is 5. The van der Waals surface area contributed by atoms with E-state index in [-0.39, 0.29) is 41.7 Å². The van der Waals surface area contributed by atoms with Crippen LogP contribution < -0.4 is 0 Å². The number of benzene rings is 1. The van der Waals surface area contributed by atoms with Crippen LogP contribution in [0.25, 0.3) is 0 Å². The van der Waals surface area contributed by atoms with Crippen LogP contribution in [0.4, 0.5) is 0 Å². The minimum atomic E-state index is -2.11. The Kier molecular flexibility index (Phi) is 6.20. The van der Waals surface area contributed by atoms with E-state index in [1.54, 1.807) is 0 Å². The summed E-state index contributed by atoms with van der Waals surface area (Å²) in [5.41, 5.74) is 1.11. The second-order valence-corrected chi connectivity index (χ2v) is 16.5. The van der Waals surface area contributed by atoms with Crippen molar-refractivity contribution < 1.29 is 28.1 Å². The van der Waals surface area contributed by atoms with Gasteiger partial charge in [-0.05, 0) is 51.4 Å². The molecule has 1 aromatic rings. The molecule has 3 fully saturated rings. The van der Waals surface area contributed by atoms with Crippen LogP contribution in [0.5, 0.6) is 0 Å². The van der Waals surface area contributed by atoms with Crippen LogP contribution >= 0.6 is 0 Å². The minimum absolute atomic E-state index is 0.0581. The van der Waals surface area contributed by atoms with Crippen LogP contribution in [0.1, 0.15) is 54.0 Å². The molecule has 2 saturated heterocycles. The summed E-state index contributed by atoms with van der Waals surface area (Å²) in [6.45, 7) is 19.5. The summed E-state index contributed by atoms with van der Waals surface area (Å²) in [6, 6.07) is 10.2. The third-order valence-corrected chi connectivity index (χ3v) is 11.6. The molecule has 0 aromatic heterocycles. The molecule has 6 nitrogen and oxygen atoms in total. The molecule has 2 heterocycles. The molecule has 2 aliphatic heterocycles. The summed E-state index contributed by atoms with van der Waals surface area (Å²) in [6.07, 6.45) is -1.80. The predicted molar refractivity (Wildman–Crippen MR) is 125 cm³/mol. The third-order valence-electron chi connectivity index (χ3n) is 7.14. The van der Waals surface area contributed by atoms with E-state index in [0.717, 1.165) is 5.56 Å². The summed E-state index contributed by atoms with van der Waals surface area (Å²) < 4.78 is 39.1. The van der Waals surface area contributed by atoms with Gasteiger partial charge < -0.3 is 28.1 Å². The van der Waals surface area contributed by atoms with Gasteiger partial charge in [0.25, 0.3) is 0 Å². The SMILES string of the molecule is CC1(C)O[C@@H]2C(O[Si](C)(C)C(C)(C)C)[C@H]3OC(C)(C)O[C@H]3C(OCc3ccccc3)[C@H]2O1. The van der Waals surface area contributed by atoms with Gasteiger partial charge in [-0.2, -0.15) is 0 Å². The first-order valence-electron chi connectivity index (χ1n) is 11.7. The Balaban J connectivity index is 1.66. The topological polar surface area (TPSA) is 55.4 Å². The molecule has 1 aromatic carbocycles. The summed E-state index contributed by atoms with van der Waals surface area (Å²) >= 11 is 0. The van der Waals surface area contributed by atoms with E-state index in [2.05, 4.69) is 46.0 Å². The highest BCUT2D eigenvalue weighted by Gasteiger charge is 2.65. The van der Waals surface area contributed by atoms with Crippen molar-refractivity contribution in [2.45, 2.75) is 121 Å². The number of hydrogen-bond acceptors (Lipinski definition) is 6. The Hall–Kier alpha value is -0.803. The van der Waals surface area contributed by atoms with E-state index in [4.69, 9.17) is 28.1 Å². The van der Waals surface area contributed by atoms with Gasteiger partial charge in [0, 0.05) is 0 Å². The standard InChI is InChI=1S/C25H40O6Si/c1-23(2,3)32(8,9)31-22-20-18(27-24(4,5)29-20)17(19-21(22)30-25(6,7)28-19)26-15-16-13-11-10-12-14-16/h10-14,17-22H,15H2,1-9H3/t17?,18-,19+,20-,21-,22?/m0/s1. The second kappa shape index (κ2) is 8.15. The molecule has 4 rings (SSSR count). The lowest BCUT2D eigenvalue weighted by molar-refractivity contribution is -0.190. The second-order valence-electron chi connectivity index (χ2n) is 11.7. The average Bonchev–Trinajstić information content (AvgIpc) is 3.15. The maximum atomic E-state index is 6.94. The van der Waals surface area contributed by atoms with Crippen LogP contribution in [0.15, 0.2) is 30.3 Å². The first-order valence-corrected chi connectivity index (χ1v) is 14.6. The summed E-state index contributed by atoms with van der Waals surface area (Å²) in [7, 11) is -2.11. The third kappa shape index (κ3) is 4.71. The van der Waals surface area contributed by atoms with Gasteiger partial charge in [-0.1, -0.05) is 51.1 Å². The molecule has 0 N–H and O–H groups in total. The zero-order valence-electron chi connectivity index (χ0n) is 21.0. The maximum Gasteiger partial charge on any atom is 0.192 e. The Morgan fingerprint density at radius 2 is 1.22 bits per heavy atom. The molecule has 7 heteroatoms. The van der Waals surface area contributed by atoms with Gasteiger partial charge in [-0.3, -0.25) is 0 Å². The Labute approximate surface area is 194 Å². The van der Waals surface area contributed by atoms with Gasteiger partial charge in [0.05, 0.1) is 6.61 Å². The maximum absolute atomic E-state index is 6.94. The zero-order chi connectivity index (χ0) is 23.5. The fourth-order valence-electron chi connectivity index (χ4n) is 4.63. The minimum Gasteiger partial charge on any atom is -0.408 e. The van der Waals surface area contributed by atoms with Crippen LogP contribution in [0.2, 0.25) is 18.1 Å². The van der Waals surface area contributed by atoms with Crippen molar-refractivity contribution in [1.82, 2.24) is 0 Å². The van der Waals surface area contributed by atoms with Gasteiger partial charge in [-0.25, -0.2) is 0 Å². The van der Waals surface area contributed by atoms with Crippen molar-refractivity contribution in [1.29, 1.82) is 0 Å². The van der Waals surface area contributed by atoms with Crippen molar-refractivity contribution in [3.05, 3.63) is 35.9 Å². The molecular weight excluding hydrogens is 424 g/mol. The molecule has 1 saturated carbocycles. The zero-order valence-corrected chi connectivity index (χ0v) is 22.0. The van der Waals surface area contributed by atoms with E-state index < -0.39 is 19.9 Å². The highest BCUT2D eigenvalue weighted by atomic mass is 28.4. The first kappa shape index (κ1) is 24.3. The normalized spacial score (nSPS) is 36.0. The monoisotopic (exact) mass is 464 g/mol. The largest absolute Gasteiger partial charge is 0.408 e. The molecule has 32 heavy (non-hydrogen) atoms. The molecule has 3 aliphatic rings. The smallest absolute Gasteiger partial charge is 0.192 e. The summed E-state index contributed by atoms with van der Waals surface area (Å²) in [5.74, 6) is -1.46. The lowest BCUT2D eigenvalue weighted by Gasteiger charge is -2.47. The highest BCUT2D eigenvalue weighted by molar-refractivity contribution is 6.74. The number of fused-ring (bicyclic) bond motifs is 2. The van der Waals surface area contributed by atoms with Crippen LogP contribution in [-0.4, -0.2) is 56.5 Å². The van der Waals surface area contributed by atoms with Gasteiger partial charge in [0.1, 0.15) is 36.6 Å². The molecule has 0 bridgehead atoms. The van der Waals surface area contributed by atoms with Crippen molar-refractivity contribution >= 4 is 8.32 Å². The predicted octanol–water partition coefficient (Wildman–Crippen LogP) is 5.02. The van der Waals surface area contributed by atoms with E-state index >= 15 is 0 Å². The number of rotatable bonds is 5. The van der Waals surface area contributed by atoms with Crippen molar-refractivity contribution in [3.63, 3.8) is 0 Å². The van der Waals surface area contributed by atoms with E-state index in [0.29, 0.717) is 6.61 Å². The van der Waals surface area contributed by atoms with Gasteiger partial charge in [0.15, 0.2) is 19.9 Å². The van der Waals surface area contributed by atoms with Gasteiger partial charge in [-0.15, -0.1) is 0 Å². The van der Waals surface area contributed by atoms with Crippen molar-refractivity contribution in [3.8, 4) is 0 Å². The lowest BCUT2D eigenvalue weighted by atomic mass is 9.85. The first-order chi connectivity index (χ1) is 14.7. The fraction of sp³-hybridized carbons (Fsp3) is 0.760. The van der Waals surface area contributed by atoms with Crippen LogP contribution in [0, 0.1) is 0 Å². The number of hydrogen-bond donors (Lipinski definition) is 0. The Bertz CT molecular complexity index is 770. The average molecular weight is 465 g/mol.